The van der Waals surface area contributed by atoms with Gasteiger partial charge in [-0.05, 0) is 0 Å². The maximum absolute atomic E-state index is 15.2. The van der Waals surface area contributed by atoms with Crippen LogP contribution in [0.4, 0.5) is 52.7 Å². The molecule has 0 atom stereocenters. The Morgan fingerprint density at radius 2 is 0.871 bits per heavy atom. The van der Waals surface area contributed by atoms with Crippen molar-refractivity contribution in [3.8, 4) is 0 Å². The van der Waals surface area contributed by atoms with E-state index in [1.165, 1.54) is 20.8 Å². The molecule has 0 radical (unpaired) electrons. The van der Waals surface area contributed by atoms with Crippen LogP contribution in [0.5, 0.6) is 0 Å². The molecule has 0 nitrogen and oxygen atoms in total. The summed E-state index contributed by atoms with van der Waals surface area (Å²) < 4.78 is 165. The van der Waals surface area contributed by atoms with Gasteiger partial charge in [0.05, 0.1) is 0 Å². The van der Waals surface area contributed by atoms with Crippen LogP contribution in [0.15, 0.2) is 0 Å². The summed E-state index contributed by atoms with van der Waals surface area (Å²) in [7, 11) is -4.83. The van der Waals surface area contributed by atoms with Crippen molar-refractivity contribution in [2.75, 3.05) is 18.5 Å². The summed E-state index contributed by atoms with van der Waals surface area (Å²) in [6.07, 6.45) is -6.92. The van der Waals surface area contributed by atoms with Crippen molar-refractivity contribution >= 4 is 7.26 Å². The van der Waals surface area contributed by atoms with E-state index in [2.05, 4.69) is 0 Å². The molecule has 0 aliphatic heterocycles. The van der Waals surface area contributed by atoms with Crippen molar-refractivity contribution < 1.29 is 52.7 Å². The predicted molar refractivity (Wildman–Crippen MR) is 98.4 cm³/mol. The Labute approximate surface area is 174 Å². The van der Waals surface area contributed by atoms with E-state index >= 15 is 8.78 Å². The van der Waals surface area contributed by atoms with Gasteiger partial charge in [-0.2, -0.15) is 0 Å². The number of unbranched alkanes of at least 4 members (excludes halogenated alkanes) is 3. The maximum atomic E-state index is 15.2. The van der Waals surface area contributed by atoms with Gasteiger partial charge in [-0.15, -0.1) is 0 Å². The van der Waals surface area contributed by atoms with Crippen LogP contribution in [0.3, 0.4) is 0 Å². The van der Waals surface area contributed by atoms with E-state index < -0.39 is 61.5 Å². The number of halogens is 12. The Balaban J connectivity index is 6.71. The Bertz CT molecular complexity index is 526. The summed E-state index contributed by atoms with van der Waals surface area (Å²) in [6, 6.07) is 0. The van der Waals surface area contributed by atoms with Crippen molar-refractivity contribution in [1.29, 1.82) is 0 Å². The number of alkyl halides is 12. The molecule has 0 aromatic carbocycles. The number of rotatable bonds is 15. The third-order valence-corrected chi connectivity index (χ3v) is 11.1. The zero-order valence-electron chi connectivity index (χ0n) is 17.5. The molecule has 0 aromatic rings. The van der Waals surface area contributed by atoms with Crippen LogP contribution in [0.25, 0.3) is 0 Å². The molecule has 0 heterocycles. The second-order valence-corrected chi connectivity index (χ2v) is 12.5. The summed E-state index contributed by atoms with van der Waals surface area (Å²) in [5.41, 5.74) is -5.75. The second kappa shape index (κ2) is 10.7. The number of hydrogen-bond acceptors (Lipinski definition) is 0. The second-order valence-electron chi connectivity index (χ2n) is 7.81. The van der Waals surface area contributed by atoms with Crippen molar-refractivity contribution in [3.63, 3.8) is 0 Å². The normalized spacial score (nSPS) is 15.6. The Hall–Kier alpha value is -0.410. The van der Waals surface area contributed by atoms with Crippen LogP contribution < -0.4 is 0 Å². The molecule has 0 amide bonds. The molecular weight excluding hydrogens is 475 g/mol. The predicted octanol–water partition coefficient (Wildman–Crippen LogP) is 8.54. The molecule has 0 saturated carbocycles. The van der Waals surface area contributed by atoms with E-state index in [1.54, 1.807) is 0 Å². The Kier molecular flexibility index (Phi) is 10.5. The van der Waals surface area contributed by atoms with E-state index in [0.29, 0.717) is 0 Å². The molecule has 0 bridgehead atoms. The van der Waals surface area contributed by atoms with Crippen molar-refractivity contribution in [2.45, 2.75) is 95.1 Å². The van der Waals surface area contributed by atoms with Crippen LogP contribution in [0, 0.1) is 0 Å². The molecule has 13 heteroatoms. The van der Waals surface area contributed by atoms with Gasteiger partial charge in [0.2, 0.25) is 0 Å². The molecular formula is C18H29F12P. The van der Waals surface area contributed by atoms with Gasteiger partial charge in [-0.1, -0.05) is 0 Å². The summed E-state index contributed by atoms with van der Waals surface area (Å²) >= 11 is 0. The third kappa shape index (κ3) is 5.24. The fourth-order valence-electron chi connectivity index (χ4n) is 3.47. The minimum atomic E-state index is -7.42. The van der Waals surface area contributed by atoms with Crippen LogP contribution in [-0.4, -0.2) is 54.3 Å². The fraction of sp³-hybridized carbons (Fsp3) is 1.00. The van der Waals surface area contributed by atoms with Gasteiger partial charge in [0.15, 0.2) is 0 Å². The van der Waals surface area contributed by atoms with Gasteiger partial charge >= 0.3 is 174 Å². The molecule has 0 N–H and O–H groups in total. The van der Waals surface area contributed by atoms with Crippen molar-refractivity contribution in [3.05, 3.63) is 0 Å². The van der Waals surface area contributed by atoms with Crippen molar-refractivity contribution in [2.24, 2.45) is 0 Å². The molecule has 0 rings (SSSR count). The molecule has 0 spiro atoms. The third-order valence-electron chi connectivity index (χ3n) is 5.57. The molecule has 0 saturated heterocycles. The van der Waals surface area contributed by atoms with Crippen LogP contribution in [0.1, 0.15) is 59.3 Å². The van der Waals surface area contributed by atoms with Crippen LogP contribution in [0.2, 0.25) is 0 Å². The molecule has 0 fully saturated rings. The zero-order valence-corrected chi connectivity index (χ0v) is 18.5. The Morgan fingerprint density at radius 3 is 1.13 bits per heavy atom. The van der Waals surface area contributed by atoms with E-state index in [4.69, 9.17) is 0 Å². The van der Waals surface area contributed by atoms with Gasteiger partial charge in [0.25, 0.3) is 0 Å². The van der Waals surface area contributed by atoms with Gasteiger partial charge in [0.1, 0.15) is 0 Å². The SMILES string of the molecule is CCCC[PH](CCCC)(CCCC)C(F)(F)C(F)(F)C(F)(F)C(F)(F)C(F)(F)C(F)F. The summed E-state index contributed by atoms with van der Waals surface area (Å²) in [6.45, 7) is 4.54. The first kappa shape index (κ1) is 30.6. The standard InChI is InChI=1S/C18H29F12P/c1-4-7-10-31(11-8-5-2,12-9-6-3)18(29,30)17(27,28)16(25,26)15(23,24)14(21,22)13(19)20/h13,31H,4-12H2,1-3H3. The molecule has 190 valence electrons. The quantitative estimate of drug-likeness (QED) is 0.155. The van der Waals surface area contributed by atoms with E-state index in [1.807, 2.05) is 0 Å². The molecule has 0 aromatic heterocycles. The zero-order chi connectivity index (χ0) is 24.9. The summed E-state index contributed by atoms with van der Waals surface area (Å²) in [5, 5.41) is 0. The Morgan fingerprint density at radius 1 is 0.548 bits per heavy atom. The van der Waals surface area contributed by atoms with Gasteiger partial charge in [-0.3, -0.25) is 0 Å². The molecule has 0 unspecified atom stereocenters. The average Bonchev–Trinajstić information content (AvgIpc) is 2.66. The van der Waals surface area contributed by atoms with Gasteiger partial charge < -0.3 is 0 Å². The molecule has 0 aliphatic carbocycles. The summed E-state index contributed by atoms with van der Waals surface area (Å²) in [4.78, 5) is 0. The first-order valence-electron chi connectivity index (χ1n) is 10.0. The van der Waals surface area contributed by atoms with E-state index in [9.17, 15) is 43.9 Å². The number of hydrogen-bond donors (Lipinski definition) is 0. The van der Waals surface area contributed by atoms with Crippen LogP contribution >= 0.6 is 7.26 Å². The fourth-order valence-corrected chi connectivity index (χ4v) is 9.07. The van der Waals surface area contributed by atoms with E-state index in [-0.39, 0.29) is 38.5 Å². The van der Waals surface area contributed by atoms with E-state index in [0.717, 1.165) is 0 Å². The van der Waals surface area contributed by atoms with Crippen molar-refractivity contribution in [1.82, 2.24) is 0 Å². The van der Waals surface area contributed by atoms with Gasteiger partial charge in [0, 0.05) is 0 Å². The summed E-state index contributed by atoms with van der Waals surface area (Å²) in [5.74, 6) is -28.8. The first-order chi connectivity index (χ1) is 13.9. The molecule has 31 heavy (non-hydrogen) atoms. The minimum absolute atomic E-state index is 0.0829. The topological polar surface area (TPSA) is 0 Å². The monoisotopic (exact) mass is 504 g/mol. The van der Waals surface area contributed by atoms with Crippen LogP contribution in [-0.2, 0) is 0 Å². The average molecular weight is 504 g/mol. The molecule has 0 aliphatic rings. The van der Waals surface area contributed by atoms with Gasteiger partial charge in [-0.25, -0.2) is 0 Å². The first-order valence-corrected chi connectivity index (χ1v) is 12.7.